The normalized spacial score (nSPS) is 11.0. The van der Waals surface area contributed by atoms with Crippen LogP contribution in [-0.4, -0.2) is 15.4 Å². The van der Waals surface area contributed by atoms with Gasteiger partial charge in [0.05, 0.1) is 16.1 Å². The average Bonchev–Trinajstić information content (AvgIpc) is 2.85. The van der Waals surface area contributed by atoms with E-state index in [-0.39, 0.29) is 23.6 Å². The molecule has 0 fully saturated rings. The minimum absolute atomic E-state index is 0.0643. The quantitative estimate of drug-likeness (QED) is 0.580. The second-order valence-electron chi connectivity index (χ2n) is 4.61. The molecule has 0 bridgehead atoms. The molecule has 0 saturated carbocycles. The van der Waals surface area contributed by atoms with Crippen molar-refractivity contribution >= 4 is 57.1 Å². The molecule has 1 heterocycles. The van der Waals surface area contributed by atoms with E-state index in [9.17, 15) is 13.8 Å². The van der Waals surface area contributed by atoms with Gasteiger partial charge in [0.1, 0.15) is 5.75 Å². The van der Waals surface area contributed by atoms with Crippen LogP contribution in [0.25, 0.3) is 22.0 Å². The Morgan fingerprint density at radius 1 is 1.32 bits per heavy atom. The Morgan fingerprint density at radius 3 is 2.73 bits per heavy atom. The summed E-state index contributed by atoms with van der Waals surface area (Å²) in [5.41, 5.74) is 2.23. The number of rotatable bonds is 3. The smallest absolute Gasteiger partial charge is 0.169 e. The first kappa shape index (κ1) is 15.4. The van der Waals surface area contributed by atoms with E-state index < -0.39 is 0 Å². The minimum atomic E-state index is -0.116. The monoisotopic (exact) mass is 399 g/mol. The second kappa shape index (κ2) is 5.95. The van der Waals surface area contributed by atoms with Crippen LogP contribution in [0.3, 0.4) is 0 Å². The Labute approximate surface area is 143 Å². The Morgan fingerprint density at radius 2 is 2.09 bits per heavy atom. The lowest BCUT2D eigenvalue weighted by molar-refractivity contribution is 0.112. The van der Waals surface area contributed by atoms with Gasteiger partial charge >= 0.3 is 0 Å². The van der Waals surface area contributed by atoms with Gasteiger partial charge < -0.3 is 5.11 Å². The van der Waals surface area contributed by atoms with Gasteiger partial charge in [-0.3, -0.25) is 8.77 Å². The van der Waals surface area contributed by atoms with E-state index in [1.807, 2.05) is 0 Å². The third kappa shape index (κ3) is 2.51. The molecule has 0 aliphatic carbocycles. The topological polar surface area (TPSA) is 42.2 Å². The van der Waals surface area contributed by atoms with Crippen molar-refractivity contribution in [2.75, 3.05) is 0 Å². The predicted molar refractivity (Wildman–Crippen MR) is 91.2 cm³/mol. The fraction of sp³-hybridized carbons (Fsp3) is 0. The third-order valence-electron chi connectivity index (χ3n) is 3.36. The molecular formula is C15H8BrClFNO2S. The van der Waals surface area contributed by atoms with Gasteiger partial charge in [-0.2, -0.15) is 0 Å². The molecule has 0 saturated heterocycles. The maximum atomic E-state index is 13.1. The van der Waals surface area contributed by atoms with Crippen molar-refractivity contribution in [2.24, 2.45) is 0 Å². The number of benzene rings is 2. The van der Waals surface area contributed by atoms with Crippen molar-refractivity contribution in [3.05, 3.63) is 51.6 Å². The van der Waals surface area contributed by atoms with Gasteiger partial charge in [0.15, 0.2) is 18.6 Å². The van der Waals surface area contributed by atoms with Crippen molar-refractivity contribution in [1.82, 2.24) is 3.97 Å². The fourth-order valence-electron chi connectivity index (χ4n) is 2.29. The van der Waals surface area contributed by atoms with Crippen molar-refractivity contribution < 1.29 is 13.8 Å². The van der Waals surface area contributed by atoms with Crippen LogP contribution in [0.1, 0.15) is 10.4 Å². The Kier molecular flexibility index (Phi) is 4.16. The maximum absolute atomic E-state index is 13.1. The van der Waals surface area contributed by atoms with E-state index in [0.717, 1.165) is 10.9 Å². The molecule has 7 heteroatoms. The van der Waals surface area contributed by atoms with Gasteiger partial charge in [-0.15, -0.1) is 3.89 Å². The van der Waals surface area contributed by atoms with Crippen molar-refractivity contribution in [2.45, 2.75) is 0 Å². The molecule has 0 unspecified atom stereocenters. The summed E-state index contributed by atoms with van der Waals surface area (Å²) in [6.07, 6.45) is 2.20. The highest BCUT2D eigenvalue weighted by Gasteiger charge is 2.14. The van der Waals surface area contributed by atoms with E-state index in [0.29, 0.717) is 26.9 Å². The number of carbonyl (C=O) groups is 1. The van der Waals surface area contributed by atoms with Crippen LogP contribution in [0.5, 0.6) is 5.75 Å². The third-order valence-corrected chi connectivity index (χ3v) is 5.00. The number of hydrogen-bond donors (Lipinski definition) is 1. The SMILES string of the molecule is O=Cc1ccc(-c2cn(SF)c3cc(Cl)c(Br)cc23)cc1O. The molecule has 3 nitrogen and oxygen atoms in total. The molecule has 1 N–H and O–H groups in total. The molecule has 0 amide bonds. The van der Waals surface area contributed by atoms with E-state index in [1.165, 1.54) is 16.1 Å². The number of hydrogen-bond acceptors (Lipinski definition) is 3. The highest BCUT2D eigenvalue weighted by atomic mass is 79.9. The minimum Gasteiger partial charge on any atom is -0.507 e. The van der Waals surface area contributed by atoms with Crippen LogP contribution in [-0.2, 0) is 0 Å². The number of phenols is 1. The summed E-state index contributed by atoms with van der Waals surface area (Å²) in [4.78, 5) is 10.8. The predicted octanol–water partition coefficient (Wildman–Crippen LogP) is 5.62. The molecule has 22 heavy (non-hydrogen) atoms. The van der Waals surface area contributed by atoms with Crippen LogP contribution in [0.2, 0.25) is 5.02 Å². The number of aldehydes is 1. The Bertz CT molecular complexity index is 897. The first-order valence-corrected chi connectivity index (χ1v) is 7.97. The Balaban J connectivity index is 2.28. The molecule has 1 aromatic heterocycles. The summed E-state index contributed by atoms with van der Waals surface area (Å²) in [7, 11) is 0. The summed E-state index contributed by atoms with van der Waals surface area (Å²) in [5.74, 6) is -0.116. The van der Waals surface area contributed by atoms with Crippen LogP contribution in [0.4, 0.5) is 3.89 Å². The lowest BCUT2D eigenvalue weighted by Gasteiger charge is -2.03. The van der Waals surface area contributed by atoms with Gasteiger partial charge in [-0.25, -0.2) is 0 Å². The first-order chi connectivity index (χ1) is 10.5. The van der Waals surface area contributed by atoms with Gasteiger partial charge in [-0.1, -0.05) is 17.7 Å². The van der Waals surface area contributed by atoms with Crippen LogP contribution >= 0.6 is 39.9 Å². The van der Waals surface area contributed by atoms with Crippen LogP contribution in [0.15, 0.2) is 41.0 Å². The summed E-state index contributed by atoms with van der Waals surface area (Å²) in [5, 5.41) is 11.1. The van der Waals surface area contributed by atoms with E-state index in [2.05, 4.69) is 15.9 Å². The summed E-state index contributed by atoms with van der Waals surface area (Å²) < 4.78 is 15.2. The van der Waals surface area contributed by atoms with Crippen molar-refractivity contribution in [3.63, 3.8) is 0 Å². The van der Waals surface area contributed by atoms with Gasteiger partial charge in [0.25, 0.3) is 0 Å². The highest BCUT2D eigenvalue weighted by molar-refractivity contribution is 9.10. The molecule has 0 aliphatic rings. The molecule has 0 aliphatic heterocycles. The summed E-state index contributed by atoms with van der Waals surface area (Å²) >= 11 is 9.48. The molecule has 0 radical (unpaired) electrons. The average molecular weight is 401 g/mol. The zero-order chi connectivity index (χ0) is 15.9. The number of aromatic hydroxyl groups is 1. The molecule has 2 aromatic carbocycles. The maximum Gasteiger partial charge on any atom is 0.169 e. The van der Waals surface area contributed by atoms with Gasteiger partial charge in [0.2, 0.25) is 0 Å². The van der Waals surface area contributed by atoms with E-state index in [1.54, 1.807) is 24.4 Å². The molecule has 0 spiro atoms. The largest absolute Gasteiger partial charge is 0.507 e. The first-order valence-electron chi connectivity index (χ1n) is 6.13. The second-order valence-corrected chi connectivity index (χ2v) is 6.41. The molecule has 3 aromatic rings. The number of carbonyl (C=O) groups excluding carboxylic acids is 1. The number of fused-ring (bicyclic) bond motifs is 1. The lowest BCUT2D eigenvalue weighted by Crippen LogP contribution is -1.83. The Hall–Kier alpha value is -1.50. The zero-order valence-corrected chi connectivity index (χ0v) is 14.0. The standard InChI is InChI=1S/C15H8BrClFNO2S/c16-12-4-10-11(6-19(22-18)14(10)5-13(12)17)8-1-2-9(7-20)15(21)3-8/h1-7,21H. The molecule has 3 rings (SSSR count). The molecular weight excluding hydrogens is 393 g/mol. The van der Waals surface area contributed by atoms with E-state index in [4.69, 9.17) is 11.6 Å². The number of aromatic nitrogens is 1. The van der Waals surface area contributed by atoms with Crippen LogP contribution in [0, 0.1) is 0 Å². The zero-order valence-electron chi connectivity index (χ0n) is 10.9. The van der Waals surface area contributed by atoms with Crippen molar-refractivity contribution in [3.8, 4) is 16.9 Å². The fourth-order valence-corrected chi connectivity index (χ4v) is 3.16. The number of phenolic OH excluding ortho intramolecular Hbond substituents is 1. The summed E-state index contributed by atoms with van der Waals surface area (Å²) in [6.45, 7) is 0. The van der Waals surface area contributed by atoms with Crippen LogP contribution < -0.4 is 0 Å². The van der Waals surface area contributed by atoms with E-state index >= 15 is 0 Å². The highest BCUT2D eigenvalue weighted by Crippen LogP contribution is 2.38. The molecule has 112 valence electrons. The lowest BCUT2D eigenvalue weighted by atomic mass is 10.0. The number of halogens is 3. The summed E-state index contributed by atoms with van der Waals surface area (Å²) in [6, 6.07) is 8.16. The number of nitrogens with zero attached hydrogens (tertiary/aromatic N) is 1. The van der Waals surface area contributed by atoms with Gasteiger partial charge in [0, 0.05) is 21.6 Å². The van der Waals surface area contributed by atoms with Gasteiger partial charge in [-0.05, 0) is 45.8 Å². The van der Waals surface area contributed by atoms with Crippen molar-refractivity contribution in [1.29, 1.82) is 0 Å². The molecule has 0 atom stereocenters.